The van der Waals surface area contributed by atoms with Crippen LogP contribution in [0.15, 0.2) is 22.9 Å². The Balaban J connectivity index is 2.24. The second-order valence-electron chi connectivity index (χ2n) is 9.62. The Kier molecular flexibility index (Phi) is 8.88. The first-order valence-corrected chi connectivity index (χ1v) is 11.1. The maximum atomic E-state index is 13.4. The highest BCUT2D eigenvalue weighted by atomic mass is 19.1. The lowest BCUT2D eigenvalue weighted by molar-refractivity contribution is -0.151. The monoisotopic (exact) mass is 493 g/mol. The predicted molar refractivity (Wildman–Crippen MR) is 123 cm³/mol. The number of nitrogens with zero attached hydrogens (tertiary/aromatic N) is 5. The molecule has 11 nitrogen and oxygen atoms in total. The molecule has 2 heterocycles. The summed E-state index contributed by atoms with van der Waals surface area (Å²) < 4.78 is 23.6. The minimum absolute atomic E-state index is 0.0345. The number of pyridine rings is 1. The smallest absolute Gasteiger partial charge is 0.410 e. The summed E-state index contributed by atoms with van der Waals surface area (Å²) in [6.45, 7) is 8.92. The molecule has 0 aromatic carbocycles. The molecule has 0 fully saturated rings. The van der Waals surface area contributed by atoms with Gasteiger partial charge in [-0.15, -0.1) is 0 Å². The van der Waals surface area contributed by atoms with Gasteiger partial charge in [-0.2, -0.15) is 4.98 Å². The molecule has 0 aliphatic carbocycles. The molecule has 192 valence electrons. The van der Waals surface area contributed by atoms with Crippen molar-refractivity contribution in [3.8, 4) is 11.5 Å². The quantitative estimate of drug-likeness (QED) is 0.558. The average molecular weight is 494 g/mol. The zero-order chi connectivity index (χ0) is 26.5. The van der Waals surface area contributed by atoms with Gasteiger partial charge in [-0.05, 0) is 45.2 Å². The van der Waals surface area contributed by atoms with Crippen molar-refractivity contribution in [3.05, 3.63) is 30.0 Å². The molecule has 0 bridgehead atoms. The van der Waals surface area contributed by atoms with E-state index in [2.05, 4.69) is 15.1 Å². The number of rotatable bonds is 9. The van der Waals surface area contributed by atoms with E-state index in [0.717, 1.165) is 11.1 Å². The molecule has 0 aliphatic rings. The third-order valence-electron chi connectivity index (χ3n) is 5.02. The Morgan fingerprint density at radius 3 is 2.31 bits per heavy atom. The number of amides is 2. The fourth-order valence-electron chi connectivity index (χ4n) is 3.23. The third kappa shape index (κ3) is 7.72. The Morgan fingerprint density at radius 1 is 1.14 bits per heavy atom. The number of aromatic nitrogens is 3. The van der Waals surface area contributed by atoms with E-state index in [1.807, 2.05) is 13.8 Å². The van der Waals surface area contributed by atoms with Crippen molar-refractivity contribution in [1.82, 2.24) is 24.9 Å². The molecule has 0 aliphatic heterocycles. The molecule has 2 rings (SSSR count). The number of halogens is 1. The van der Waals surface area contributed by atoms with Crippen LogP contribution < -0.4 is 0 Å². The molecule has 2 amide bonds. The van der Waals surface area contributed by atoms with Crippen molar-refractivity contribution in [1.29, 1.82) is 0 Å². The van der Waals surface area contributed by atoms with Crippen LogP contribution in [-0.2, 0) is 20.7 Å². The number of carbonyl (C=O) groups excluding carboxylic acids is 2. The van der Waals surface area contributed by atoms with Crippen LogP contribution in [0.4, 0.5) is 9.18 Å². The summed E-state index contributed by atoms with van der Waals surface area (Å²) in [5.74, 6) is -2.34. The van der Waals surface area contributed by atoms with Gasteiger partial charge in [0.2, 0.25) is 17.6 Å². The summed E-state index contributed by atoms with van der Waals surface area (Å²) in [5.41, 5.74) is -0.518. The van der Waals surface area contributed by atoms with Gasteiger partial charge in [-0.25, -0.2) is 19.0 Å². The number of hydrogen-bond acceptors (Lipinski definition) is 8. The molecule has 35 heavy (non-hydrogen) atoms. The highest BCUT2D eigenvalue weighted by Crippen LogP contribution is 2.20. The van der Waals surface area contributed by atoms with Gasteiger partial charge in [-0.3, -0.25) is 9.69 Å². The van der Waals surface area contributed by atoms with Crippen LogP contribution in [0.2, 0.25) is 0 Å². The molecule has 0 unspecified atom stereocenters. The van der Waals surface area contributed by atoms with Gasteiger partial charge in [0.05, 0.1) is 12.6 Å². The van der Waals surface area contributed by atoms with Gasteiger partial charge >= 0.3 is 12.1 Å². The molecular formula is C23H32FN5O6. The van der Waals surface area contributed by atoms with Gasteiger partial charge in [0, 0.05) is 14.1 Å². The fraction of sp³-hybridized carbons (Fsp3) is 0.565. The molecule has 2 aromatic heterocycles. The summed E-state index contributed by atoms with van der Waals surface area (Å²) in [7, 11) is 2.79. The largest absolute Gasteiger partial charge is 0.480 e. The first kappa shape index (κ1) is 27.7. The van der Waals surface area contributed by atoms with Crippen LogP contribution in [0.3, 0.4) is 0 Å². The van der Waals surface area contributed by atoms with Crippen LogP contribution >= 0.6 is 0 Å². The Labute approximate surface area is 203 Å². The number of hydrogen-bond donors (Lipinski definition) is 1. The number of carboxylic acid groups (broad SMARTS) is 1. The summed E-state index contributed by atoms with van der Waals surface area (Å²) in [4.78, 5) is 48.3. The lowest BCUT2D eigenvalue weighted by atomic mass is 10.0. The highest BCUT2D eigenvalue weighted by Gasteiger charge is 2.37. The molecule has 2 aromatic rings. The Morgan fingerprint density at radius 2 is 1.80 bits per heavy atom. The topological polar surface area (TPSA) is 139 Å². The minimum atomic E-state index is -1.35. The number of likely N-dealkylation sites (N-methyl/N-ethyl adjacent to an activating group) is 2. The Bertz CT molecular complexity index is 1030. The Hall–Kier alpha value is -3.57. The van der Waals surface area contributed by atoms with E-state index in [1.165, 1.54) is 31.1 Å². The molecule has 0 spiro atoms. The molecule has 0 saturated carbocycles. The van der Waals surface area contributed by atoms with Gasteiger partial charge in [0.1, 0.15) is 29.2 Å². The zero-order valence-electron chi connectivity index (χ0n) is 21.0. The number of carboxylic acids is 1. The average Bonchev–Trinajstić information content (AvgIpc) is 3.22. The maximum absolute atomic E-state index is 13.4. The van der Waals surface area contributed by atoms with Crippen molar-refractivity contribution in [2.45, 2.75) is 65.1 Å². The molecule has 1 N–H and O–H groups in total. The summed E-state index contributed by atoms with van der Waals surface area (Å²) >= 11 is 0. The lowest BCUT2D eigenvalue weighted by Crippen LogP contribution is -2.54. The van der Waals surface area contributed by atoms with Crippen molar-refractivity contribution in [2.75, 3.05) is 14.1 Å². The first-order valence-electron chi connectivity index (χ1n) is 11.1. The van der Waals surface area contributed by atoms with Crippen LogP contribution in [0, 0.1) is 11.7 Å². The van der Waals surface area contributed by atoms with Gasteiger partial charge in [-0.1, -0.05) is 19.0 Å². The van der Waals surface area contributed by atoms with Crippen LogP contribution in [0.5, 0.6) is 0 Å². The van der Waals surface area contributed by atoms with E-state index in [9.17, 15) is 23.9 Å². The predicted octanol–water partition coefficient (Wildman–Crippen LogP) is 3.01. The maximum Gasteiger partial charge on any atom is 0.410 e. The standard InChI is InChI=1S/C23H32FN5O6/c1-13(2)10-16(29(7)22(33)34-23(3,4)5)20(30)28(6)17(21(31)32)11-18-26-19(27-35-18)15-9-8-14(24)12-25-15/h8-9,12-13,16-17H,10-11H2,1-7H3,(H,31,32)/t16-,17+/m0/s1. The van der Waals surface area contributed by atoms with E-state index in [0.29, 0.717) is 6.42 Å². The molecular weight excluding hydrogens is 461 g/mol. The van der Waals surface area contributed by atoms with Crippen LogP contribution in [0.25, 0.3) is 11.5 Å². The van der Waals surface area contributed by atoms with E-state index in [4.69, 9.17) is 9.26 Å². The third-order valence-corrected chi connectivity index (χ3v) is 5.02. The fourth-order valence-corrected chi connectivity index (χ4v) is 3.23. The summed E-state index contributed by atoms with van der Waals surface area (Å²) in [5, 5.41) is 13.6. The summed E-state index contributed by atoms with van der Waals surface area (Å²) in [6.07, 6.45) is 0.321. The molecule has 0 radical (unpaired) electrons. The van der Waals surface area contributed by atoms with E-state index >= 15 is 0 Å². The number of ether oxygens (including phenoxy) is 1. The molecule has 2 atom stereocenters. The zero-order valence-corrected chi connectivity index (χ0v) is 21.0. The first-order chi connectivity index (χ1) is 16.2. The van der Waals surface area contributed by atoms with Gasteiger partial charge < -0.3 is 19.3 Å². The van der Waals surface area contributed by atoms with Crippen LogP contribution in [-0.4, -0.2) is 79.8 Å². The van der Waals surface area contributed by atoms with Crippen molar-refractivity contribution < 1.29 is 33.1 Å². The second-order valence-corrected chi connectivity index (χ2v) is 9.62. The van der Waals surface area contributed by atoms with Crippen molar-refractivity contribution >= 4 is 18.0 Å². The molecule has 0 saturated heterocycles. The second kappa shape index (κ2) is 11.2. The summed E-state index contributed by atoms with van der Waals surface area (Å²) in [6, 6.07) is 0.245. The number of aliphatic carboxylic acids is 1. The van der Waals surface area contributed by atoms with Crippen LogP contribution in [0.1, 0.15) is 46.9 Å². The van der Waals surface area contributed by atoms with E-state index in [-0.39, 0.29) is 29.7 Å². The highest BCUT2D eigenvalue weighted by molar-refractivity contribution is 5.89. The van der Waals surface area contributed by atoms with Crippen molar-refractivity contribution in [2.24, 2.45) is 5.92 Å². The lowest BCUT2D eigenvalue weighted by Gasteiger charge is -2.34. The van der Waals surface area contributed by atoms with Gasteiger partial charge in [0.15, 0.2) is 0 Å². The molecule has 12 heteroatoms. The SMILES string of the molecule is CC(C)C[C@@H](C(=O)N(C)[C@H](Cc1nc(-c2ccc(F)cn2)no1)C(=O)O)N(C)C(=O)OC(C)(C)C. The number of carbonyl (C=O) groups is 3. The van der Waals surface area contributed by atoms with Crippen molar-refractivity contribution in [3.63, 3.8) is 0 Å². The van der Waals surface area contributed by atoms with Gasteiger partial charge in [0.25, 0.3) is 0 Å². The minimum Gasteiger partial charge on any atom is -0.480 e. The van der Waals surface area contributed by atoms with E-state index in [1.54, 1.807) is 20.8 Å². The normalized spacial score (nSPS) is 13.3. The van der Waals surface area contributed by atoms with E-state index < -0.39 is 41.5 Å².